The maximum Gasteiger partial charge on any atom is 0.196 e. The summed E-state index contributed by atoms with van der Waals surface area (Å²) in [6.07, 6.45) is 3.61. The Bertz CT molecular complexity index is 1160. The van der Waals surface area contributed by atoms with E-state index in [9.17, 15) is 0 Å². The lowest BCUT2D eigenvalue weighted by Crippen LogP contribution is -2.39. The molecule has 0 bridgehead atoms. The number of methoxy groups -OCH3 is 2. The molecule has 0 saturated carbocycles. The van der Waals surface area contributed by atoms with Crippen molar-refractivity contribution >= 4 is 33.6 Å². The molecule has 0 radical (unpaired) electrons. The molecule has 1 N–H and O–H groups in total. The molecule has 1 fully saturated rings. The van der Waals surface area contributed by atoms with Gasteiger partial charge < -0.3 is 24.1 Å². The van der Waals surface area contributed by atoms with Crippen LogP contribution in [-0.4, -0.2) is 43.3 Å². The normalized spacial score (nSPS) is 14.9. The number of furan rings is 1. The van der Waals surface area contributed by atoms with Crippen molar-refractivity contribution in [2.45, 2.75) is 18.9 Å². The van der Waals surface area contributed by atoms with Gasteiger partial charge in [-0.05, 0) is 25.0 Å². The van der Waals surface area contributed by atoms with Crippen LogP contribution in [0, 0.1) is 0 Å². The molecule has 30 heavy (non-hydrogen) atoms. The molecule has 2 aromatic heterocycles. The van der Waals surface area contributed by atoms with E-state index in [0.29, 0.717) is 6.04 Å². The minimum Gasteiger partial charge on any atom is -0.497 e. The zero-order valence-corrected chi connectivity index (χ0v) is 17.1. The zero-order valence-electron chi connectivity index (χ0n) is 17.1. The monoisotopic (exact) mass is 404 g/mol. The van der Waals surface area contributed by atoms with Gasteiger partial charge >= 0.3 is 0 Å². The number of hydrogen-bond donors (Lipinski definition) is 1. The Labute approximate surface area is 174 Å². The number of para-hydroxylation sites is 1. The van der Waals surface area contributed by atoms with E-state index in [0.717, 1.165) is 71.0 Å². The lowest BCUT2D eigenvalue weighted by molar-refractivity contribution is 0.394. The number of piperidine rings is 1. The van der Waals surface area contributed by atoms with Crippen molar-refractivity contribution in [3.8, 4) is 11.5 Å². The summed E-state index contributed by atoms with van der Waals surface area (Å²) in [6.45, 7) is 1.78. The molecule has 0 spiro atoms. The van der Waals surface area contributed by atoms with Crippen molar-refractivity contribution in [2.75, 3.05) is 37.5 Å². The number of anilines is 2. The van der Waals surface area contributed by atoms with Crippen molar-refractivity contribution in [1.29, 1.82) is 0 Å². The fourth-order valence-corrected chi connectivity index (χ4v) is 4.10. The summed E-state index contributed by atoms with van der Waals surface area (Å²) in [5.74, 6) is 2.43. The SMILES string of the molecule is COc1cc(NC2CCN(c3ncnc4c3oc3ccccc34)CC2)cc(OC)c1. The van der Waals surface area contributed by atoms with Gasteiger partial charge in [0.05, 0.1) is 14.2 Å². The Balaban J connectivity index is 1.33. The number of fused-ring (bicyclic) bond motifs is 3. The van der Waals surface area contributed by atoms with Gasteiger partial charge in [-0.1, -0.05) is 12.1 Å². The predicted molar refractivity (Wildman–Crippen MR) is 118 cm³/mol. The average molecular weight is 404 g/mol. The van der Waals surface area contributed by atoms with E-state index < -0.39 is 0 Å². The van der Waals surface area contributed by atoms with E-state index in [1.54, 1.807) is 20.5 Å². The van der Waals surface area contributed by atoms with E-state index >= 15 is 0 Å². The van der Waals surface area contributed by atoms with E-state index in [4.69, 9.17) is 13.9 Å². The van der Waals surface area contributed by atoms with Crippen LogP contribution in [0.4, 0.5) is 11.5 Å². The second-order valence-electron chi connectivity index (χ2n) is 7.48. The number of aromatic nitrogens is 2. The lowest BCUT2D eigenvalue weighted by atomic mass is 10.0. The second-order valence-corrected chi connectivity index (χ2v) is 7.48. The molecule has 0 unspecified atom stereocenters. The molecule has 0 aliphatic carbocycles. The third kappa shape index (κ3) is 3.36. The van der Waals surface area contributed by atoms with Crippen LogP contribution in [0.3, 0.4) is 0 Å². The van der Waals surface area contributed by atoms with Crippen LogP contribution in [0.15, 0.2) is 53.2 Å². The van der Waals surface area contributed by atoms with Gasteiger partial charge in [-0.25, -0.2) is 9.97 Å². The Morgan fingerprint density at radius 3 is 2.47 bits per heavy atom. The summed E-state index contributed by atoms with van der Waals surface area (Å²) >= 11 is 0. The first-order valence-electron chi connectivity index (χ1n) is 10.1. The van der Waals surface area contributed by atoms with Gasteiger partial charge in [0.2, 0.25) is 0 Å². The van der Waals surface area contributed by atoms with Crippen molar-refractivity contribution in [3.05, 3.63) is 48.8 Å². The molecular formula is C23H24N4O3. The molecule has 1 aliphatic rings. The second kappa shape index (κ2) is 7.74. The van der Waals surface area contributed by atoms with E-state index in [1.165, 1.54) is 0 Å². The highest BCUT2D eigenvalue weighted by Crippen LogP contribution is 2.33. The summed E-state index contributed by atoms with van der Waals surface area (Å²) in [5, 5.41) is 4.65. The summed E-state index contributed by atoms with van der Waals surface area (Å²) in [5.41, 5.74) is 3.49. The quantitative estimate of drug-likeness (QED) is 0.526. The minimum absolute atomic E-state index is 0.367. The van der Waals surface area contributed by atoms with Gasteiger partial charge in [-0.15, -0.1) is 0 Å². The average Bonchev–Trinajstić information content (AvgIpc) is 3.18. The van der Waals surface area contributed by atoms with Crippen molar-refractivity contribution in [3.63, 3.8) is 0 Å². The van der Waals surface area contributed by atoms with Gasteiger partial charge in [0.1, 0.15) is 28.9 Å². The molecule has 1 aliphatic heterocycles. The molecule has 2 aromatic carbocycles. The summed E-state index contributed by atoms with van der Waals surface area (Å²) in [6, 6.07) is 14.2. The molecule has 4 aromatic rings. The van der Waals surface area contributed by atoms with Gasteiger partial charge in [-0.2, -0.15) is 0 Å². The first kappa shape index (κ1) is 18.5. The molecular weight excluding hydrogens is 380 g/mol. The topological polar surface area (TPSA) is 72.7 Å². The third-order valence-electron chi connectivity index (χ3n) is 5.66. The fourth-order valence-electron chi connectivity index (χ4n) is 4.10. The molecule has 0 amide bonds. The van der Waals surface area contributed by atoms with Crippen LogP contribution in [0.2, 0.25) is 0 Å². The van der Waals surface area contributed by atoms with Gasteiger partial charge in [-0.3, -0.25) is 0 Å². The highest BCUT2D eigenvalue weighted by atomic mass is 16.5. The largest absolute Gasteiger partial charge is 0.497 e. The van der Waals surface area contributed by atoms with Crippen LogP contribution >= 0.6 is 0 Å². The standard InChI is InChI=1S/C23H24N4O3/c1-28-17-11-16(12-18(13-17)29-2)26-15-7-9-27(10-8-15)23-22-21(24-14-25-23)19-5-3-4-6-20(19)30-22/h3-6,11-15,26H,7-10H2,1-2H3. The highest BCUT2D eigenvalue weighted by Gasteiger charge is 2.24. The molecule has 1 saturated heterocycles. The van der Waals surface area contributed by atoms with Crippen LogP contribution in [0.1, 0.15) is 12.8 Å². The number of rotatable bonds is 5. The molecule has 7 heteroatoms. The molecule has 154 valence electrons. The Hall–Kier alpha value is -3.48. The van der Waals surface area contributed by atoms with Crippen molar-refractivity contribution < 1.29 is 13.9 Å². The van der Waals surface area contributed by atoms with Crippen molar-refractivity contribution in [2.24, 2.45) is 0 Å². The molecule has 7 nitrogen and oxygen atoms in total. The van der Waals surface area contributed by atoms with Gasteiger partial charge in [0.25, 0.3) is 0 Å². The van der Waals surface area contributed by atoms with Crippen LogP contribution in [0.5, 0.6) is 11.5 Å². The van der Waals surface area contributed by atoms with Gasteiger partial charge in [0, 0.05) is 48.4 Å². The van der Waals surface area contributed by atoms with Crippen LogP contribution < -0.4 is 19.7 Å². The smallest absolute Gasteiger partial charge is 0.196 e. The first-order chi connectivity index (χ1) is 14.7. The fraction of sp³-hybridized carbons (Fsp3) is 0.304. The Morgan fingerprint density at radius 2 is 1.73 bits per heavy atom. The lowest BCUT2D eigenvalue weighted by Gasteiger charge is -2.33. The zero-order chi connectivity index (χ0) is 20.5. The van der Waals surface area contributed by atoms with Crippen LogP contribution in [-0.2, 0) is 0 Å². The number of nitrogens with one attached hydrogen (secondary N) is 1. The Morgan fingerprint density at radius 1 is 1.00 bits per heavy atom. The summed E-state index contributed by atoms with van der Waals surface area (Å²) in [4.78, 5) is 11.3. The first-order valence-corrected chi connectivity index (χ1v) is 10.1. The molecule has 5 rings (SSSR count). The molecule has 0 atom stereocenters. The number of ether oxygens (including phenoxy) is 2. The van der Waals surface area contributed by atoms with E-state index in [-0.39, 0.29) is 0 Å². The van der Waals surface area contributed by atoms with Crippen LogP contribution in [0.25, 0.3) is 22.1 Å². The maximum atomic E-state index is 6.10. The minimum atomic E-state index is 0.367. The molecule has 3 heterocycles. The summed E-state index contributed by atoms with van der Waals surface area (Å²) in [7, 11) is 3.33. The number of hydrogen-bond acceptors (Lipinski definition) is 7. The van der Waals surface area contributed by atoms with Crippen molar-refractivity contribution in [1.82, 2.24) is 9.97 Å². The third-order valence-corrected chi connectivity index (χ3v) is 5.66. The summed E-state index contributed by atoms with van der Waals surface area (Å²) < 4.78 is 16.8. The van der Waals surface area contributed by atoms with E-state index in [1.807, 2.05) is 42.5 Å². The Kier molecular flexibility index (Phi) is 4.78. The van der Waals surface area contributed by atoms with Gasteiger partial charge in [0.15, 0.2) is 11.4 Å². The van der Waals surface area contributed by atoms with E-state index in [2.05, 4.69) is 20.2 Å². The highest BCUT2D eigenvalue weighted by molar-refractivity contribution is 6.05. The number of benzene rings is 2. The predicted octanol–water partition coefficient (Wildman–Crippen LogP) is 4.47. The maximum absolute atomic E-state index is 6.10. The number of nitrogens with zero attached hydrogens (tertiary/aromatic N) is 3.